The molecule has 4 aromatic rings. The van der Waals surface area contributed by atoms with Crippen LogP contribution in [0, 0.1) is 11.8 Å². The Kier molecular flexibility index (Phi) is 9.90. The summed E-state index contributed by atoms with van der Waals surface area (Å²) in [7, 11) is -4.79. The molecule has 204 valence electrons. The zero-order valence-corrected chi connectivity index (χ0v) is 26.0. The second kappa shape index (κ2) is 13.1. The van der Waals surface area contributed by atoms with Crippen molar-refractivity contribution in [2.45, 2.75) is 53.6 Å². The van der Waals surface area contributed by atoms with Crippen LogP contribution in [0.4, 0.5) is 0 Å². The fraction of sp³-hybridized carbons (Fsp3) is 0.286. The molecule has 0 bridgehead atoms. The minimum atomic E-state index is -2.39. The minimum absolute atomic E-state index is 0.186. The summed E-state index contributed by atoms with van der Waals surface area (Å²) in [6, 6.07) is 44.4. The van der Waals surface area contributed by atoms with Crippen molar-refractivity contribution in [2.75, 3.05) is 0 Å². The summed E-state index contributed by atoms with van der Waals surface area (Å²) in [5, 5.41) is 11.0. The van der Waals surface area contributed by atoms with Crippen molar-refractivity contribution in [3.05, 3.63) is 126 Å². The van der Waals surface area contributed by atoms with E-state index in [1.54, 1.807) is 0 Å². The molecule has 0 aromatic heterocycles. The lowest BCUT2D eigenvalue weighted by atomic mass is 10.1. The molecule has 0 unspecified atom stereocenters. The van der Waals surface area contributed by atoms with Gasteiger partial charge in [-0.1, -0.05) is 162 Å². The second-order valence-electron chi connectivity index (χ2n) is 11.0. The third-order valence-electron chi connectivity index (χ3n) is 7.59. The summed E-state index contributed by atoms with van der Waals surface area (Å²) in [6.07, 6.45) is 0. The summed E-state index contributed by atoms with van der Waals surface area (Å²) >= 11 is 0. The highest BCUT2D eigenvalue weighted by molar-refractivity contribution is 8.09. The van der Waals surface area contributed by atoms with Gasteiger partial charge in [-0.2, -0.15) is 0 Å². The smallest absolute Gasteiger partial charge is 0.0490 e. The van der Waals surface area contributed by atoms with Crippen molar-refractivity contribution in [1.82, 2.24) is 0 Å². The minimum Gasteiger partial charge on any atom is -0.625 e. The van der Waals surface area contributed by atoms with E-state index in [1.165, 1.54) is 21.2 Å². The summed E-state index contributed by atoms with van der Waals surface area (Å²) in [5.41, 5.74) is 2.66. The largest absolute Gasteiger partial charge is 0.625 e. The Balaban J connectivity index is 2.26. The van der Waals surface area contributed by atoms with Crippen LogP contribution in [0.5, 0.6) is 0 Å². The van der Waals surface area contributed by atoms with E-state index in [0.29, 0.717) is 11.8 Å². The normalized spacial score (nSPS) is 13.7. The van der Waals surface area contributed by atoms with Gasteiger partial charge in [0.1, 0.15) is 0 Å². The lowest BCUT2D eigenvalue weighted by molar-refractivity contribution is 0.536. The molecule has 0 spiro atoms. The van der Waals surface area contributed by atoms with Gasteiger partial charge in [-0.05, 0) is 39.6 Å². The molecule has 0 saturated heterocycles. The maximum Gasteiger partial charge on any atom is 0.0490 e. The topological polar surface area (TPSA) is 26.5 Å². The van der Waals surface area contributed by atoms with Gasteiger partial charge in [0.15, 0.2) is 0 Å². The Morgan fingerprint density at radius 1 is 0.513 bits per heavy atom. The van der Waals surface area contributed by atoms with Crippen LogP contribution in [0.25, 0.3) is 5.09 Å². The van der Waals surface area contributed by atoms with Crippen LogP contribution < -0.4 is 21.2 Å². The van der Waals surface area contributed by atoms with Crippen LogP contribution in [-0.2, 0) is 0 Å². The average molecular weight is 554 g/mol. The number of nitrogens with zero attached hydrogens (tertiary/aromatic N) is 2. The van der Waals surface area contributed by atoms with Gasteiger partial charge in [-0.15, -0.1) is 13.1 Å². The van der Waals surface area contributed by atoms with E-state index >= 15 is 0 Å². The predicted octanol–water partition coefficient (Wildman–Crippen LogP) is 8.64. The zero-order chi connectivity index (χ0) is 27.9. The van der Waals surface area contributed by atoms with Gasteiger partial charge in [0.25, 0.3) is 0 Å². The number of hydrogen-bond donors (Lipinski definition) is 0. The molecule has 2 atom stereocenters. The molecule has 0 aliphatic carbocycles. The van der Waals surface area contributed by atoms with E-state index in [0.717, 1.165) is 0 Å². The first-order chi connectivity index (χ1) is 18.8. The van der Waals surface area contributed by atoms with Crippen LogP contribution in [0.3, 0.4) is 0 Å². The Morgan fingerprint density at radius 2 is 0.872 bits per heavy atom. The van der Waals surface area contributed by atoms with Crippen molar-refractivity contribution in [1.29, 1.82) is 0 Å². The van der Waals surface area contributed by atoms with Crippen LogP contribution in [-0.4, -0.2) is 17.6 Å². The van der Waals surface area contributed by atoms with Crippen molar-refractivity contribution in [2.24, 2.45) is 16.6 Å². The van der Waals surface area contributed by atoms with Crippen LogP contribution in [0.15, 0.2) is 126 Å². The fourth-order valence-corrected chi connectivity index (χ4v) is 14.5. The Morgan fingerprint density at radius 3 is 1.21 bits per heavy atom. The molecule has 0 saturated carbocycles. The highest BCUT2D eigenvalue weighted by atomic mass is 31.2. The van der Waals surface area contributed by atoms with Gasteiger partial charge in [-0.25, -0.2) is 0 Å². The molecule has 0 radical (unpaired) electrons. The van der Waals surface area contributed by atoms with E-state index in [2.05, 4.69) is 168 Å². The van der Waals surface area contributed by atoms with E-state index < -0.39 is 14.1 Å². The van der Waals surface area contributed by atoms with Gasteiger partial charge >= 0.3 is 0 Å². The van der Waals surface area contributed by atoms with Crippen LogP contribution >= 0.6 is 14.1 Å². The molecule has 0 aliphatic heterocycles. The molecule has 4 rings (SSSR count). The van der Waals surface area contributed by atoms with Crippen LogP contribution in [0.2, 0.25) is 0 Å². The van der Waals surface area contributed by atoms with E-state index in [4.69, 9.17) is 9.83 Å². The van der Waals surface area contributed by atoms with Gasteiger partial charge in [0.05, 0.1) is 0 Å². The number of rotatable bonds is 10. The first-order valence-corrected chi connectivity index (χ1v) is 17.7. The van der Waals surface area contributed by atoms with Crippen molar-refractivity contribution < 1.29 is 0 Å². The third kappa shape index (κ3) is 6.58. The van der Waals surface area contributed by atoms with Crippen molar-refractivity contribution in [3.63, 3.8) is 0 Å². The lowest BCUT2D eigenvalue weighted by Crippen LogP contribution is -2.26. The molecule has 0 aliphatic rings. The number of benzene rings is 4. The third-order valence-corrected chi connectivity index (χ3v) is 16.1. The summed E-state index contributed by atoms with van der Waals surface area (Å²) in [5.74, 6) is 0.857. The van der Waals surface area contributed by atoms with E-state index in [9.17, 15) is 0 Å². The average Bonchev–Trinajstić information content (AvgIpc) is 2.98. The monoisotopic (exact) mass is 553 g/mol. The maximum absolute atomic E-state index is 5.86. The van der Waals surface area contributed by atoms with E-state index in [1.807, 2.05) is 0 Å². The Hall–Kier alpha value is -2.63. The van der Waals surface area contributed by atoms with Gasteiger partial charge < -0.3 is 5.09 Å². The molecule has 2 nitrogen and oxygen atoms in total. The summed E-state index contributed by atoms with van der Waals surface area (Å²) in [4.78, 5) is 0. The Bertz CT molecular complexity index is 1330. The highest BCUT2D eigenvalue weighted by Crippen LogP contribution is 2.61. The van der Waals surface area contributed by atoms with Gasteiger partial charge in [0, 0.05) is 13.1 Å². The SMILES string of the molecule is CC(C)[C@H](C)N=P(C=P([N-][C@@H](C)C(C)C)(c1ccccc1)c1ccccc1)(c1ccccc1)c1ccccc1. The zero-order valence-electron chi connectivity index (χ0n) is 24.2. The molecular weight excluding hydrogens is 510 g/mol. The van der Waals surface area contributed by atoms with Crippen LogP contribution in [0.1, 0.15) is 41.5 Å². The Labute approximate surface area is 237 Å². The van der Waals surface area contributed by atoms with Gasteiger partial charge in [-0.3, -0.25) is 4.74 Å². The molecule has 4 heteroatoms. The molecule has 0 heterocycles. The van der Waals surface area contributed by atoms with Gasteiger partial charge in [0.2, 0.25) is 0 Å². The standard InChI is InChI=1S/C35H43N2P2/c1-28(2)30(5)36-38(32-19-11-7-12-20-32,33-21-13-8-14-22-33)27-39(37-31(6)29(3)4,34-23-15-9-16-24-34)35-25-17-10-18-26-35/h7-31H,1-6H3/q-1/t30-,31-/m0/s1. The maximum atomic E-state index is 5.86. The van der Waals surface area contributed by atoms with Crippen molar-refractivity contribution in [3.8, 4) is 0 Å². The molecule has 39 heavy (non-hydrogen) atoms. The highest BCUT2D eigenvalue weighted by Gasteiger charge is 2.28. The van der Waals surface area contributed by atoms with E-state index in [-0.39, 0.29) is 12.1 Å². The fourth-order valence-electron chi connectivity index (χ4n) is 4.60. The summed E-state index contributed by atoms with van der Waals surface area (Å²) in [6.45, 7) is 13.7. The molecule has 4 aromatic carbocycles. The molecule has 0 amide bonds. The predicted molar refractivity (Wildman–Crippen MR) is 179 cm³/mol. The lowest BCUT2D eigenvalue weighted by Gasteiger charge is -2.48. The molecule has 0 fully saturated rings. The molecule has 0 N–H and O–H groups in total. The first kappa shape index (κ1) is 29.4. The molecular formula is C35H43N2P2-. The first-order valence-electron chi connectivity index (χ1n) is 14.1. The number of hydrogen-bond acceptors (Lipinski definition) is 1. The second-order valence-corrected chi connectivity index (χ2v) is 17.2. The van der Waals surface area contributed by atoms with Crippen molar-refractivity contribution >= 4 is 40.8 Å². The quantitative estimate of drug-likeness (QED) is 0.176. The summed E-state index contributed by atoms with van der Waals surface area (Å²) < 4.78 is 5.86.